The summed E-state index contributed by atoms with van der Waals surface area (Å²) in [6.45, 7) is 7.02. The molecule has 1 rings (SSSR count). The minimum atomic E-state index is -0.0236. The summed E-state index contributed by atoms with van der Waals surface area (Å²) in [7, 11) is 0. The van der Waals surface area contributed by atoms with Crippen LogP contribution >= 0.6 is 0 Å². The fourth-order valence-electron chi connectivity index (χ4n) is 2.11. The van der Waals surface area contributed by atoms with Crippen molar-refractivity contribution in [2.24, 2.45) is 5.92 Å². The van der Waals surface area contributed by atoms with Crippen LogP contribution in [0.3, 0.4) is 0 Å². The molecule has 0 aromatic carbocycles. The number of hydrogen-bond acceptors (Lipinski definition) is 2. The van der Waals surface area contributed by atoms with Crippen LogP contribution in [0, 0.1) is 5.92 Å². The van der Waals surface area contributed by atoms with Gasteiger partial charge in [-0.25, -0.2) is 0 Å². The summed E-state index contributed by atoms with van der Waals surface area (Å²) in [6.07, 6.45) is 1.37. The summed E-state index contributed by atoms with van der Waals surface area (Å²) in [4.78, 5) is 24.8. The van der Waals surface area contributed by atoms with Gasteiger partial charge in [0.1, 0.15) is 0 Å². The quantitative estimate of drug-likeness (QED) is 0.751. The third-order valence-corrected chi connectivity index (χ3v) is 2.93. The SMILES string of the molecule is CCC(C(C)C)N1CCC(=O)NCC1=O. The zero-order valence-electron chi connectivity index (χ0n) is 9.75. The van der Waals surface area contributed by atoms with Gasteiger partial charge in [-0.1, -0.05) is 20.8 Å². The average Bonchev–Trinajstić information content (AvgIpc) is 2.33. The van der Waals surface area contributed by atoms with Crippen LogP contribution in [0.4, 0.5) is 0 Å². The Balaban J connectivity index is 2.73. The fourth-order valence-corrected chi connectivity index (χ4v) is 2.11. The topological polar surface area (TPSA) is 49.4 Å². The normalized spacial score (nSPS) is 20.1. The van der Waals surface area contributed by atoms with E-state index in [1.165, 1.54) is 0 Å². The highest BCUT2D eigenvalue weighted by Crippen LogP contribution is 2.16. The number of rotatable bonds is 3. The van der Waals surface area contributed by atoms with Gasteiger partial charge in [0.25, 0.3) is 0 Å². The molecule has 1 aliphatic rings. The molecule has 1 unspecified atom stereocenters. The van der Waals surface area contributed by atoms with E-state index in [1.54, 1.807) is 0 Å². The zero-order valence-corrected chi connectivity index (χ0v) is 9.75. The van der Waals surface area contributed by atoms with Crippen molar-refractivity contribution < 1.29 is 9.59 Å². The lowest BCUT2D eigenvalue weighted by Gasteiger charge is -2.32. The molecule has 86 valence electrons. The van der Waals surface area contributed by atoms with Gasteiger partial charge >= 0.3 is 0 Å². The molecule has 0 radical (unpaired) electrons. The molecule has 4 heteroatoms. The third kappa shape index (κ3) is 2.94. The van der Waals surface area contributed by atoms with Crippen LogP contribution in [0.5, 0.6) is 0 Å². The van der Waals surface area contributed by atoms with Crippen molar-refractivity contribution in [1.29, 1.82) is 0 Å². The molecule has 0 bridgehead atoms. The van der Waals surface area contributed by atoms with Crippen LogP contribution < -0.4 is 5.32 Å². The molecule has 1 aliphatic heterocycles. The second kappa shape index (κ2) is 5.14. The maximum absolute atomic E-state index is 11.8. The highest BCUT2D eigenvalue weighted by atomic mass is 16.2. The number of carbonyl (C=O) groups is 2. The molecule has 1 fully saturated rings. The van der Waals surface area contributed by atoms with Crippen molar-refractivity contribution in [3.63, 3.8) is 0 Å². The summed E-state index contributed by atoms with van der Waals surface area (Å²) in [5.41, 5.74) is 0. The van der Waals surface area contributed by atoms with Gasteiger partial charge in [0.15, 0.2) is 0 Å². The number of nitrogens with one attached hydrogen (secondary N) is 1. The second-order valence-corrected chi connectivity index (χ2v) is 4.33. The van der Waals surface area contributed by atoms with Crippen LogP contribution in [0.15, 0.2) is 0 Å². The van der Waals surface area contributed by atoms with Gasteiger partial charge in [0.05, 0.1) is 6.54 Å². The molecular formula is C11H20N2O2. The first-order valence-corrected chi connectivity index (χ1v) is 5.62. The standard InChI is InChI=1S/C11H20N2O2/c1-4-9(8(2)3)13-6-5-10(14)12-7-11(13)15/h8-9H,4-7H2,1-3H3,(H,12,14). The predicted molar refractivity (Wildman–Crippen MR) is 58.3 cm³/mol. The Morgan fingerprint density at radius 2 is 2.07 bits per heavy atom. The molecule has 0 aromatic rings. The Kier molecular flexibility index (Phi) is 4.12. The molecule has 1 atom stereocenters. The van der Waals surface area contributed by atoms with E-state index in [1.807, 2.05) is 4.90 Å². The van der Waals surface area contributed by atoms with Gasteiger partial charge in [0.2, 0.25) is 11.8 Å². The molecule has 15 heavy (non-hydrogen) atoms. The van der Waals surface area contributed by atoms with Gasteiger partial charge in [-0.3, -0.25) is 9.59 Å². The van der Waals surface area contributed by atoms with Crippen LogP contribution in [0.25, 0.3) is 0 Å². The van der Waals surface area contributed by atoms with Crippen molar-refractivity contribution >= 4 is 11.8 Å². The van der Waals surface area contributed by atoms with Gasteiger partial charge in [0, 0.05) is 19.0 Å². The van der Waals surface area contributed by atoms with Crippen molar-refractivity contribution in [1.82, 2.24) is 10.2 Å². The summed E-state index contributed by atoms with van der Waals surface area (Å²) in [6, 6.07) is 0.255. The molecular weight excluding hydrogens is 192 g/mol. The molecule has 4 nitrogen and oxygen atoms in total. The number of nitrogens with zero attached hydrogens (tertiary/aromatic N) is 1. The first kappa shape index (κ1) is 12.0. The maximum Gasteiger partial charge on any atom is 0.242 e. The van der Waals surface area contributed by atoms with Gasteiger partial charge < -0.3 is 10.2 Å². The molecule has 1 N–H and O–H groups in total. The van der Waals surface area contributed by atoms with Gasteiger partial charge in [-0.05, 0) is 12.3 Å². The lowest BCUT2D eigenvalue weighted by atomic mass is 9.99. The van der Waals surface area contributed by atoms with Crippen LogP contribution in [0.2, 0.25) is 0 Å². The predicted octanol–water partition coefficient (Wildman–Crippen LogP) is 0.769. The highest BCUT2D eigenvalue weighted by Gasteiger charge is 2.27. The Morgan fingerprint density at radius 3 is 2.60 bits per heavy atom. The van der Waals surface area contributed by atoms with Gasteiger partial charge in [-0.2, -0.15) is 0 Å². The number of hydrogen-bond donors (Lipinski definition) is 1. The Morgan fingerprint density at radius 1 is 1.40 bits per heavy atom. The largest absolute Gasteiger partial charge is 0.347 e. The van der Waals surface area contributed by atoms with Crippen molar-refractivity contribution in [3.8, 4) is 0 Å². The highest BCUT2D eigenvalue weighted by molar-refractivity contribution is 5.87. The van der Waals surface area contributed by atoms with E-state index in [-0.39, 0.29) is 24.4 Å². The van der Waals surface area contributed by atoms with Crippen molar-refractivity contribution in [2.75, 3.05) is 13.1 Å². The minimum Gasteiger partial charge on any atom is -0.347 e. The Bertz CT molecular complexity index is 251. The fraction of sp³-hybridized carbons (Fsp3) is 0.818. The molecule has 0 aromatic heterocycles. The van der Waals surface area contributed by atoms with Gasteiger partial charge in [-0.15, -0.1) is 0 Å². The first-order valence-electron chi connectivity index (χ1n) is 5.62. The van der Waals surface area contributed by atoms with E-state index in [4.69, 9.17) is 0 Å². The van der Waals surface area contributed by atoms with E-state index in [2.05, 4.69) is 26.1 Å². The molecule has 1 heterocycles. The number of amides is 2. The summed E-state index contributed by atoms with van der Waals surface area (Å²) < 4.78 is 0. The van der Waals surface area contributed by atoms with Crippen LogP contribution in [-0.2, 0) is 9.59 Å². The van der Waals surface area contributed by atoms with E-state index in [0.29, 0.717) is 18.9 Å². The van der Waals surface area contributed by atoms with E-state index >= 15 is 0 Å². The molecule has 0 aliphatic carbocycles. The monoisotopic (exact) mass is 212 g/mol. The molecule has 2 amide bonds. The molecule has 0 saturated carbocycles. The zero-order chi connectivity index (χ0) is 11.4. The van der Waals surface area contributed by atoms with E-state index in [9.17, 15) is 9.59 Å². The molecule has 1 saturated heterocycles. The summed E-state index contributed by atoms with van der Waals surface area (Å²) in [5, 5.41) is 2.61. The smallest absolute Gasteiger partial charge is 0.242 e. The lowest BCUT2D eigenvalue weighted by Crippen LogP contribution is -2.44. The Labute approximate surface area is 91.0 Å². The minimum absolute atomic E-state index is 0.0236. The summed E-state index contributed by atoms with van der Waals surface area (Å²) in [5.74, 6) is 0.456. The van der Waals surface area contributed by atoms with E-state index in [0.717, 1.165) is 6.42 Å². The number of carbonyl (C=O) groups excluding carboxylic acids is 2. The van der Waals surface area contributed by atoms with Crippen LogP contribution in [0.1, 0.15) is 33.6 Å². The maximum atomic E-state index is 11.8. The van der Waals surface area contributed by atoms with Crippen molar-refractivity contribution in [2.45, 2.75) is 39.7 Å². The van der Waals surface area contributed by atoms with E-state index < -0.39 is 0 Å². The molecule has 0 spiro atoms. The van der Waals surface area contributed by atoms with Crippen LogP contribution in [-0.4, -0.2) is 35.8 Å². The third-order valence-electron chi connectivity index (χ3n) is 2.93. The Hall–Kier alpha value is -1.06. The summed E-state index contributed by atoms with van der Waals surface area (Å²) >= 11 is 0. The first-order chi connectivity index (χ1) is 7.06. The lowest BCUT2D eigenvalue weighted by molar-refractivity contribution is -0.133. The van der Waals surface area contributed by atoms with Crippen molar-refractivity contribution in [3.05, 3.63) is 0 Å². The second-order valence-electron chi connectivity index (χ2n) is 4.33. The average molecular weight is 212 g/mol.